The quantitative estimate of drug-likeness (QED) is 0.733. The molecule has 1 aromatic heterocycles. The molecule has 1 aliphatic rings. The number of para-hydroxylation sites is 3. The fraction of sp³-hybridized carbons (Fsp3) is 0.286. The van der Waals surface area contributed by atoms with Crippen LogP contribution in [0.25, 0.3) is 11.0 Å². The smallest absolute Gasteiger partial charge is 0.246 e. The first kappa shape index (κ1) is 17.3. The van der Waals surface area contributed by atoms with Crippen molar-refractivity contribution in [3.8, 4) is 0 Å². The fourth-order valence-electron chi connectivity index (χ4n) is 3.13. The predicted molar refractivity (Wildman–Crippen MR) is 104 cm³/mol. The molecular formula is C21H22N4O2. The number of aromatic nitrogens is 2. The van der Waals surface area contributed by atoms with Gasteiger partial charge >= 0.3 is 0 Å². The molecule has 6 nitrogen and oxygen atoms in total. The minimum Gasteiger partial charge on any atom is -0.349 e. The van der Waals surface area contributed by atoms with Gasteiger partial charge in [0, 0.05) is 18.7 Å². The van der Waals surface area contributed by atoms with Gasteiger partial charge in [0.2, 0.25) is 11.8 Å². The molecule has 1 N–H and O–H groups in total. The number of nitrogens with one attached hydrogen (secondary N) is 1. The minimum absolute atomic E-state index is 0.0425. The minimum atomic E-state index is -0.0425. The summed E-state index contributed by atoms with van der Waals surface area (Å²) in [5.41, 5.74) is 2.56. The van der Waals surface area contributed by atoms with Crippen LogP contribution in [0.5, 0.6) is 0 Å². The van der Waals surface area contributed by atoms with Crippen molar-refractivity contribution in [2.75, 3.05) is 11.9 Å². The number of carbonyl (C=O) groups excluding carboxylic acids is 2. The van der Waals surface area contributed by atoms with E-state index in [1.807, 2.05) is 59.2 Å². The second kappa shape index (κ2) is 7.23. The Morgan fingerprint density at radius 2 is 1.81 bits per heavy atom. The average Bonchev–Trinajstić information content (AvgIpc) is 3.50. The van der Waals surface area contributed by atoms with Gasteiger partial charge in [-0.3, -0.25) is 9.59 Å². The van der Waals surface area contributed by atoms with Crippen LogP contribution in [0.3, 0.4) is 0 Å². The highest BCUT2D eigenvalue weighted by Crippen LogP contribution is 2.29. The van der Waals surface area contributed by atoms with Gasteiger partial charge in [0.15, 0.2) is 0 Å². The number of nitrogens with zero attached hydrogens (tertiary/aromatic N) is 3. The molecule has 1 heterocycles. The van der Waals surface area contributed by atoms with Crippen molar-refractivity contribution in [3.63, 3.8) is 0 Å². The van der Waals surface area contributed by atoms with E-state index in [2.05, 4.69) is 10.3 Å². The van der Waals surface area contributed by atoms with E-state index in [4.69, 9.17) is 0 Å². The highest BCUT2D eigenvalue weighted by atomic mass is 16.2. The molecule has 2 amide bonds. The molecule has 4 rings (SSSR count). The first-order chi connectivity index (χ1) is 13.1. The van der Waals surface area contributed by atoms with Crippen LogP contribution < -0.4 is 10.2 Å². The van der Waals surface area contributed by atoms with Gasteiger partial charge in [-0.1, -0.05) is 30.3 Å². The van der Waals surface area contributed by atoms with Crippen molar-refractivity contribution in [2.45, 2.75) is 25.9 Å². The van der Waals surface area contributed by atoms with E-state index in [1.165, 1.54) is 0 Å². The van der Waals surface area contributed by atoms with E-state index in [9.17, 15) is 9.59 Å². The Morgan fingerprint density at radius 3 is 2.56 bits per heavy atom. The van der Waals surface area contributed by atoms with E-state index >= 15 is 0 Å². The van der Waals surface area contributed by atoms with Gasteiger partial charge in [-0.25, -0.2) is 4.98 Å². The number of hydrogen-bond donors (Lipinski definition) is 1. The lowest BCUT2D eigenvalue weighted by molar-refractivity contribution is -0.122. The molecule has 3 aromatic rings. The molecular weight excluding hydrogens is 340 g/mol. The number of carbonyl (C=O) groups is 2. The van der Waals surface area contributed by atoms with Gasteiger partial charge in [-0.05, 0) is 37.1 Å². The third-order valence-corrected chi connectivity index (χ3v) is 4.91. The van der Waals surface area contributed by atoms with Crippen molar-refractivity contribution in [3.05, 3.63) is 60.4 Å². The molecule has 0 aliphatic heterocycles. The molecule has 1 fully saturated rings. The monoisotopic (exact) mass is 362 g/mol. The van der Waals surface area contributed by atoms with E-state index in [1.54, 1.807) is 11.9 Å². The molecule has 27 heavy (non-hydrogen) atoms. The maximum atomic E-state index is 12.9. The Morgan fingerprint density at radius 1 is 1.11 bits per heavy atom. The largest absolute Gasteiger partial charge is 0.349 e. The van der Waals surface area contributed by atoms with Crippen molar-refractivity contribution < 1.29 is 9.59 Å². The van der Waals surface area contributed by atoms with Gasteiger partial charge in [0.1, 0.15) is 12.4 Å². The van der Waals surface area contributed by atoms with Crippen LogP contribution >= 0.6 is 0 Å². The number of hydrogen-bond acceptors (Lipinski definition) is 3. The first-order valence-electron chi connectivity index (χ1n) is 9.17. The molecule has 1 aliphatic carbocycles. The lowest BCUT2D eigenvalue weighted by atomic mass is 10.3. The van der Waals surface area contributed by atoms with Gasteiger partial charge < -0.3 is 14.8 Å². The summed E-state index contributed by atoms with van der Waals surface area (Å²) in [6.07, 6.45) is 1.92. The molecule has 0 radical (unpaired) electrons. The third kappa shape index (κ3) is 3.69. The maximum absolute atomic E-state index is 12.9. The SMILES string of the molecule is CN(C(=O)Cn1c(CNC(=O)C2CC2)nc2ccccc21)c1ccccc1. The lowest BCUT2D eigenvalue weighted by Gasteiger charge is -2.19. The zero-order valence-corrected chi connectivity index (χ0v) is 15.3. The lowest BCUT2D eigenvalue weighted by Crippen LogP contribution is -2.31. The van der Waals surface area contributed by atoms with Crippen LogP contribution in [0.2, 0.25) is 0 Å². The molecule has 0 unspecified atom stereocenters. The van der Waals surface area contributed by atoms with Gasteiger partial charge in [0.25, 0.3) is 0 Å². The predicted octanol–water partition coefficient (Wildman–Crippen LogP) is 2.73. The van der Waals surface area contributed by atoms with E-state index in [-0.39, 0.29) is 24.3 Å². The highest BCUT2D eigenvalue weighted by molar-refractivity contribution is 5.93. The summed E-state index contributed by atoms with van der Waals surface area (Å²) in [6.45, 7) is 0.493. The Kier molecular flexibility index (Phi) is 4.62. The highest BCUT2D eigenvalue weighted by Gasteiger charge is 2.29. The summed E-state index contributed by atoms with van der Waals surface area (Å²) in [5.74, 6) is 0.870. The van der Waals surface area contributed by atoms with Crippen molar-refractivity contribution in [1.29, 1.82) is 0 Å². The number of anilines is 1. The molecule has 0 atom stereocenters. The zero-order chi connectivity index (χ0) is 18.8. The molecule has 138 valence electrons. The van der Waals surface area contributed by atoms with E-state index in [0.29, 0.717) is 12.4 Å². The van der Waals surface area contributed by atoms with Gasteiger partial charge in [-0.15, -0.1) is 0 Å². The molecule has 2 aromatic carbocycles. The number of imidazole rings is 1. The summed E-state index contributed by atoms with van der Waals surface area (Å²) in [6, 6.07) is 17.3. The van der Waals surface area contributed by atoms with Crippen molar-refractivity contribution >= 4 is 28.5 Å². The van der Waals surface area contributed by atoms with Crippen LogP contribution in [-0.4, -0.2) is 28.4 Å². The maximum Gasteiger partial charge on any atom is 0.246 e. The standard InChI is InChI=1S/C21H22N4O2/c1-24(16-7-3-2-4-8-16)20(26)14-25-18-10-6-5-9-17(18)23-19(25)13-22-21(27)15-11-12-15/h2-10,15H,11-14H2,1H3,(H,22,27). The van der Waals surface area contributed by atoms with E-state index in [0.717, 1.165) is 29.6 Å². The Balaban J connectivity index is 1.58. The molecule has 0 bridgehead atoms. The number of fused-ring (bicyclic) bond motifs is 1. The fourth-order valence-corrected chi connectivity index (χ4v) is 3.13. The topological polar surface area (TPSA) is 67.2 Å². The second-order valence-corrected chi connectivity index (χ2v) is 6.88. The molecule has 1 saturated carbocycles. The van der Waals surface area contributed by atoms with Gasteiger partial charge in [0.05, 0.1) is 17.6 Å². The van der Waals surface area contributed by atoms with Crippen LogP contribution in [0, 0.1) is 5.92 Å². The second-order valence-electron chi connectivity index (χ2n) is 6.88. The number of rotatable bonds is 6. The van der Waals surface area contributed by atoms with Crippen molar-refractivity contribution in [2.24, 2.45) is 5.92 Å². The number of likely N-dealkylation sites (N-methyl/N-ethyl adjacent to an activating group) is 1. The summed E-state index contributed by atoms with van der Waals surface area (Å²) in [5, 5.41) is 2.95. The Bertz CT molecular complexity index is 976. The number of amides is 2. The van der Waals surface area contributed by atoms with Crippen molar-refractivity contribution in [1.82, 2.24) is 14.9 Å². The van der Waals surface area contributed by atoms with Crippen LogP contribution in [-0.2, 0) is 22.7 Å². The third-order valence-electron chi connectivity index (χ3n) is 4.91. The summed E-state index contributed by atoms with van der Waals surface area (Å²) < 4.78 is 1.89. The van der Waals surface area contributed by atoms with Crippen LogP contribution in [0.4, 0.5) is 5.69 Å². The molecule has 0 spiro atoms. The van der Waals surface area contributed by atoms with Gasteiger partial charge in [-0.2, -0.15) is 0 Å². The molecule has 0 saturated heterocycles. The zero-order valence-electron chi connectivity index (χ0n) is 15.3. The summed E-state index contributed by atoms with van der Waals surface area (Å²) in [4.78, 5) is 31.1. The first-order valence-corrected chi connectivity index (χ1v) is 9.17. The Hall–Kier alpha value is -3.15. The summed E-state index contributed by atoms with van der Waals surface area (Å²) >= 11 is 0. The molecule has 6 heteroatoms. The number of benzene rings is 2. The normalized spacial score (nSPS) is 13.5. The Labute approximate surface area is 157 Å². The van der Waals surface area contributed by atoms with Crippen LogP contribution in [0.1, 0.15) is 18.7 Å². The van der Waals surface area contributed by atoms with E-state index < -0.39 is 0 Å². The summed E-state index contributed by atoms with van der Waals surface area (Å²) in [7, 11) is 1.77. The van der Waals surface area contributed by atoms with Crippen LogP contribution in [0.15, 0.2) is 54.6 Å². The average molecular weight is 362 g/mol.